The van der Waals surface area contributed by atoms with E-state index in [-0.39, 0.29) is 17.5 Å². The summed E-state index contributed by atoms with van der Waals surface area (Å²) >= 11 is 6.31. The summed E-state index contributed by atoms with van der Waals surface area (Å²) in [5, 5.41) is 13.2. The number of halogens is 1. The number of aromatic nitrogens is 2. The minimum atomic E-state index is -0.773. The van der Waals surface area contributed by atoms with E-state index >= 15 is 0 Å². The Morgan fingerprint density at radius 3 is 2.64 bits per heavy atom. The predicted molar refractivity (Wildman–Crippen MR) is 140 cm³/mol. The van der Waals surface area contributed by atoms with Crippen LogP contribution in [0.15, 0.2) is 54.6 Å². The van der Waals surface area contributed by atoms with Gasteiger partial charge in [0.1, 0.15) is 18.0 Å². The molecule has 8 nitrogen and oxygen atoms in total. The van der Waals surface area contributed by atoms with Crippen LogP contribution >= 0.6 is 11.6 Å². The predicted octanol–water partition coefficient (Wildman–Crippen LogP) is 4.55. The Kier molecular flexibility index (Phi) is 6.73. The van der Waals surface area contributed by atoms with Crippen LogP contribution < -0.4 is 20.7 Å². The average molecular weight is 508 g/mol. The number of nitrogens with two attached hydrogens (primary N) is 1. The van der Waals surface area contributed by atoms with E-state index in [0.717, 1.165) is 55.0 Å². The van der Waals surface area contributed by atoms with Gasteiger partial charge in [0, 0.05) is 36.3 Å². The molecule has 2 atom stereocenters. The van der Waals surface area contributed by atoms with E-state index in [2.05, 4.69) is 20.2 Å². The molecule has 4 N–H and O–H groups in total. The topological polar surface area (TPSA) is 114 Å². The van der Waals surface area contributed by atoms with Crippen LogP contribution in [0.3, 0.4) is 0 Å². The number of anilines is 2. The van der Waals surface area contributed by atoms with E-state index in [1.165, 1.54) is 0 Å². The zero-order valence-corrected chi connectivity index (χ0v) is 20.9. The van der Waals surface area contributed by atoms with E-state index in [9.17, 15) is 9.90 Å². The van der Waals surface area contributed by atoms with Crippen LogP contribution in [0, 0.1) is 5.41 Å². The number of piperidine rings is 1. The van der Waals surface area contributed by atoms with Crippen molar-refractivity contribution in [2.75, 3.05) is 30.3 Å². The smallest absolute Gasteiger partial charge is 0.320 e. The van der Waals surface area contributed by atoms with Crippen LogP contribution in [0.25, 0.3) is 11.1 Å². The van der Waals surface area contributed by atoms with Crippen molar-refractivity contribution in [1.29, 1.82) is 0 Å². The summed E-state index contributed by atoms with van der Waals surface area (Å²) in [6, 6.07) is 17.2. The quantitative estimate of drug-likeness (QED) is 0.445. The molecule has 9 heteroatoms. The maximum atomic E-state index is 11.4. The van der Waals surface area contributed by atoms with E-state index in [0.29, 0.717) is 17.3 Å². The second kappa shape index (κ2) is 9.95. The normalized spacial score (nSPS) is 19.8. The summed E-state index contributed by atoms with van der Waals surface area (Å²) in [4.78, 5) is 22.3. The summed E-state index contributed by atoms with van der Waals surface area (Å²) in [5.74, 6) is 0.514. The first-order chi connectivity index (χ1) is 17.3. The van der Waals surface area contributed by atoms with Crippen LogP contribution in [0.2, 0.25) is 5.02 Å². The van der Waals surface area contributed by atoms with Crippen molar-refractivity contribution >= 4 is 29.3 Å². The minimum absolute atomic E-state index is 0.0222. The molecule has 0 amide bonds. The van der Waals surface area contributed by atoms with Gasteiger partial charge in [-0.2, -0.15) is 9.97 Å². The lowest BCUT2D eigenvalue weighted by Gasteiger charge is -2.39. The summed E-state index contributed by atoms with van der Waals surface area (Å²) in [5.41, 5.74) is 9.14. The molecule has 0 aliphatic carbocycles. The Bertz CT molecular complexity index is 1250. The Morgan fingerprint density at radius 1 is 1.19 bits per heavy atom. The van der Waals surface area contributed by atoms with Crippen molar-refractivity contribution in [3.8, 4) is 17.0 Å². The number of carboxylic acid groups (broad SMARTS) is 1. The van der Waals surface area contributed by atoms with Gasteiger partial charge in [-0.3, -0.25) is 4.79 Å². The molecule has 0 radical (unpaired) electrons. The van der Waals surface area contributed by atoms with Gasteiger partial charge < -0.3 is 25.8 Å². The van der Waals surface area contributed by atoms with Gasteiger partial charge in [0.2, 0.25) is 11.8 Å². The van der Waals surface area contributed by atoms with Crippen LogP contribution in [-0.4, -0.2) is 46.7 Å². The number of hydrogen-bond acceptors (Lipinski definition) is 7. The summed E-state index contributed by atoms with van der Waals surface area (Å²) in [6.45, 7) is 4.26. The second-order valence-corrected chi connectivity index (χ2v) is 10.2. The summed E-state index contributed by atoms with van der Waals surface area (Å²) in [6.07, 6.45) is 2.15. The van der Waals surface area contributed by atoms with Gasteiger partial charge in [-0.15, -0.1) is 0 Å². The fourth-order valence-corrected chi connectivity index (χ4v) is 5.50. The number of nitrogen functional groups attached to an aromatic ring is 1. The van der Waals surface area contributed by atoms with Crippen LogP contribution in [-0.2, 0) is 4.79 Å². The van der Waals surface area contributed by atoms with Crippen molar-refractivity contribution in [2.45, 2.75) is 38.3 Å². The molecule has 3 aromatic rings. The number of ether oxygens (including phenoxy) is 1. The molecule has 2 aliphatic rings. The van der Waals surface area contributed by atoms with E-state index in [1.54, 1.807) is 0 Å². The first kappa shape index (κ1) is 24.3. The highest BCUT2D eigenvalue weighted by atomic mass is 35.5. The van der Waals surface area contributed by atoms with Crippen molar-refractivity contribution in [3.63, 3.8) is 0 Å². The Labute approximate surface area is 215 Å². The number of nitrogens with one attached hydrogen (secondary N) is 1. The number of carboxylic acids is 1. The minimum Gasteiger partial charge on any atom is -0.480 e. The first-order valence-electron chi connectivity index (χ1n) is 12.2. The van der Waals surface area contributed by atoms with Gasteiger partial charge in [0.05, 0.1) is 0 Å². The number of rotatable bonds is 6. The molecule has 5 rings (SSSR count). The summed E-state index contributed by atoms with van der Waals surface area (Å²) in [7, 11) is 0. The van der Waals surface area contributed by atoms with Crippen LogP contribution in [0.5, 0.6) is 5.88 Å². The molecule has 1 spiro atoms. The number of carbonyl (C=O) groups is 1. The van der Waals surface area contributed by atoms with Gasteiger partial charge >= 0.3 is 5.97 Å². The van der Waals surface area contributed by atoms with Crippen molar-refractivity contribution in [3.05, 3.63) is 65.2 Å². The monoisotopic (exact) mass is 507 g/mol. The van der Waals surface area contributed by atoms with Gasteiger partial charge in [-0.05, 0) is 54.9 Å². The largest absolute Gasteiger partial charge is 0.480 e. The van der Waals surface area contributed by atoms with Gasteiger partial charge in [0.15, 0.2) is 0 Å². The fourth-order valence-electron chi connectivity index (χ4n) is 5.33. The zero-order valence-electron chi connectivity index (χ0n) is 20.2. The third-order valence-corrected chi connectivity index (χ3v) is 7.58. The van der Waals surface area contributed by atoms with Gasteiger partial charge in [0.25, 0.3) is 0 Å². The molecule has 1 aromatic heterocycles. The second-order valence-electron chi connectivity index (χ2n) is 9.74. The lowest BCUT2D eigenvalue weighted by Crippen LogP contribution is -2.41. The number of benzene rings is 2. The third-order valence-electron chi connectivity index (χ3n) is 7.35. The maximum Gasteiger partial charge on any atom is 0.320 e. The van der Waals surface area contributed by atoms with Crippen molar-refractivity contribution in [1.82, 2.24) is 15.3 Å². The van der Waals surface area contributed by atoms with Crippen LogP contribution in [0.1, 0.15) is 37.9 Å². The molecule has 2 fully saturated rings. The van der Waals surface area contributed by atoms with Gasteiger partial charge in [-0.25, -0.2) is 0 Å². The highest BCUT2D eigenvalue weighted by molar-refractivity contribution is 6.30. The molecule has 3 heterocycles. The third kappa shape index (κ3) is 5.10. The molecule has 0 bridgehead atoms. The SMILES string of the molecule is C[C@@H](Oc1cc(N2CCC3(CC2)CN[C@H](C(=O)O)C3)nc(N)n1)c1ccc(Cl)cc1-c1ccccc1. The molecule has 188 valence electrons. The highest BCUT2D eigenvalue weighted by Gasteiger charge is 2.43. The number of aliphatic carboxylic acids is 1. The molecular weight excluding hydrogens is 478 g/mol. The zero-order chi connectivity index (χ0) is 25.3. The van der Waals surface area contributed by atoms with E-state index in [4.69, 9.17) is 22.1 Å². The van der Waals surface area contributed by atoms with Crippen LogP contribution in [0.4, 0.5) is 11.8 Å². The molecular formula is C27H30ClN5O3. The van der Waals surface area contributed by atoms with Crippen molar-refractivity contribution < 1.29 is 14.6 Å². The molecule has 0 unspecified atom stereocenters. The fraction of sp³-hybridized carbons (Fsp3) is 0.370. The number of nitrogens with zero attached hydrogens (tertiary/aromatic N) is 3. The molecule has 2 aromatic carbocycles. The highest BCUT2D eigenvalue weighted by Crippen LogP contribution is 2.41. The Hall–Kier alpha value is -3.36. The molecule has 2 aliphatic heterocycles. The number of hydrogen-bond donors (Lipinski definition) is 3. The Morgan fingerprint density at radius 2 is 1.94 bits per heavy atom. The average Bonchev–Trinajstić information content (AvgIpc) is 3.28. The van der Waals surface area contributed by atoms with Crippen molar-refractivity contribution in [2.24, 2.45) is 5.41 Å². The van der Waals surface area contributed by atoms with E-state index < -0.39 is 12.0 Å². The van der Waals surface area contributed by atoms with Gasteiger partial charge in [-0.1, -0.05) is 48.0 Å². The lowest BCUT2D eigenvalue weighted by molar-refractivity contribution is -0.139. The maximum absolute atomic E-state index is 11.4. The summed E-state index contributed by atoms with van der Waals surface area (Å²) < 4.78 is 6.27. The van der Waals surface area contributed by atoms with E-state index in [1.807, 2.05) is 61.5 Å². The molecule has 0 saturated carbocycles. The lowest BCUT2D eigenvalue weighted by atomic mass is 9.76. The molecule has 36 heavy (non-hydrogen) atoms. The standard InChI is InChI=1S/C27H30ClN5O3/c1-17(20-8-7-19(28)13-21(20)18-5-3-2-4-6-18)36-24-14-23(31-26(29)32-24)33-11-9-27(10-12-33)15-22(25(34)35)30-16-27/h2-8,13-14,17,22,30H,9-12,15-16H2,1H3,(H,34,35)(H2,29,31,32)/t17-,22+/m1/s1. The Balaban J connectivity index is 1.32. The molecule has 2 saturated heterocycles. The first-order valence-corrected chi connectivity index (χ1v) is 12.6.